The van der Waals surface area contributed by atoms with Crippen LogP contribution in [0.25, 0.3) is 0 Å². The number of aliphatic hydroxyl groups is 2. The molecule has 1 aliphatic heterocycles. The molecule has 1 saturated heterocycles. The highest BCUT2D eigenvalue weighted by atomic mass is 16.3. The van der Waals surface area contributed by atoms with E-state index in [0.717, 1.165) is 44.1 Å². The molecule has 0 aromatic carbocycles. The highest BCUT2D eigenvalue weighted by Crippen LogP contribution is 2.67. The number of nitrogens with one attached hydrogen (secondary N) is 1. The SMILES string of the molecule is C[C@@H]([C@@H]1[C@@H](O)C[C@@H]2[C@H]3CC=C4C[C@@H](O)CC[C@]4(C)[C@H]3CC[C@]12C)[C@@H]1CCCCN1. The molecule has 5 aliphatic rings. The van der Waals surface area contributed by atoms with E-state index in [9.17, 15) is 10.2 Å². The Morgan fingerprint density at radius 1 is 1.07 bits per heavy atom. The van der Waals surface area contributed by atoms with Gasteiger partial charge in [-0.05, 0) is 105 Å². The Bertz CT molecular complexity index is 655. The van der Waals surface area contributed by atoms with E-state index in [-0.39, 0.29) is 17.6 Å². The standard InChI is InChI=1S/C26H43NO2/c1-16(22-6-4-5-13-27-22)24-23(29)15-21-19-8-7-17-14-18(28)9-11-25(17,2)20(19)10-12-26(21,24)3/h7,16,18-24,27-29H,4-6,8-15H2,1-3H3/t16-,18+,19+,20+,21-,22+,23+,24-,25+,26+/m1/s1. The molecule has 0 spiro atoms. The molecular formula is C26H43NO2. The number of fused-ring (bicyclic) bond motifs is 5. The van der Waals surface area contributed by atoms with Crippen LogP contribution in [-0.4, -0.2) is 35.0 Å². The van der Waals surface area contributed by atoms with Crippen LogP contribution in [0.2, 0.25) is 0 Å². The van der Waals surface area contributed by atoms with Crippen molar-refractivity contribution < 1.29 is 10.2 Å². The van der Waals surface area contributed by atoms with Crippen molar-refractivity contribution in [2.45, 2.75) is 103 Å². The second kappa shape index (κ2) is 7.35. The minimum absolute atomic E-state index is 0.124. The molecule has 1 heterocycles. The maximum Gasteiger partial charge on any atom is 0.0579 e. The van der Waals surface area contributed by atoms with Crippen LogP contribution in [0.4, 0.5) is 0 Å². The number of hydrogen-bond donors (Lipinski definition) is 3. The van der Waals surface area contributed by atoms with Crippen molar-refractivity contribution in [1.82, 2.24) is 5.32 Å². The Morgan fingerprint density at radius 2 is 1.90 bits per heavy atom. The van der Waals surface area contributed by atoms with Gasteiger partial charge in [0.05, 0.1) is 12.2 Å². The van der Waals surface area contributed by atoms with Crippen molar-refractivity contribution in [3.63, 3.8) is 0 Å². The van der Waals surface area contributed by atoms with Gasteiger partial charge in [0, 0.05) is 6.04 Å². The van der Waals surface area contributed by atoms with Crippen LogP contribution in [0.5, 0.6) is 0 Å². The molecule has 29 heavy (non-hydrogen) atoms. The molecule has 0 amide bonds. The Hall–Kier alpha value is -0.380. The van der Waals surface area contributed by atoms with Gasteiger partial charge in [-0.15, -0.1) is 0 Å². The van der Waals surface area contributed by atoms with Gasteiger partial charge >= 0.3 is 0 Å². The third-order valence-corrected chi connectivity index (χ3v) is 10.7. The molecule has 3 saturated carbocycles. The molecule has 0 aromatic rings. The van der Waals surface area contributed by atoms with Crippen LogP contribution < -0.4 is 5.32 Å². The summed E-state index contributed by atoms with van der Waals surface area (Å²) < 4.78 is 0. The Kier molecular flexibility index (Phi) is 5.20. The minimum Gasteiger partial charge on any atom is -0.393 e. The average Bonchev–Trinajstić information content (AvgIpc) is 2.99. The summed E-state index contributed by atoms with van der Waals surface area (Å²) in [5.41, 5.74) is 2.13. The Morgan fingerprint density at radius 3 is 2.66 bits per heavy atom. The molecule has 3 N–H and O–H groups in total. The van der Waals surface area contributed by atoms with Crippen LogP contribution in [0.1, 0.15) is 85.0 Å². The largest absolute Gasteiger partial charge is 0.393 e. The lowest BCUT2D eigenvalue weighted by Gasteiger charge is -2.58. The van der Waals surface area contributed by atoms with Crippen molar-refractivity contribution in [2.24, 2.45) is 40.4 Å². The van der Waals surface area contributed by atoms with Crippen LogP contribution in [0.3, 0.4) is 0 Å². The van der Waals surface area contributed by atoms with Crippen molar-refractivity contribution in [1.29, 1.82) is 0 Å². The third-order valence-electron chi connectivity index (χ3n) is 10.7. The summed E-state index contributed by atoms with van der Waals surface area (Å²) in [7, 11) is 0. The maximum absolute atomic E-state index is 11.3. The van der Waals surface area contributed by atoms with E-state index in [0.29, 0.717) is 29.2 Å². The van der Waals surface area contributed by atoms with Gasteiger partial charge in [0.2, 0.25) is 0 Å². The van der Waals surface area contributed by atoms with E-state index < -0.39 is 0 Å². The first-order valence-corrected chi connectivity index (χ1v) is 12.6. The lowest BCUT2D eigenvalue weighted by molar-refractivity contribution is -0.0651. The summed E-state index contributed by atoms with van der Waals surface area (Å²) >= 11 is 0. The molecule has 0 radical (unpaired) electrons. The monoisotopic (exact) mass is 401 g/mol. The predicted molar refractivity (Wildman–Crippen MR) is 117 cm³/mol. The molecule has 3 nitrogen and oxygen atoms in total. The second-order valence-electron chi connectivity index (χ2n) is 11.9. The summed E-state index contributed by atoms with van der Waals surface area (Å²) in [4.78, 5) is 0. The summed E-state index contributed by atoms with van der Waals surface area (Å²) in [5, 5.41) is 25.3. The quantitative estimate of drug-likeness (QED) is 0.589. The highest BCUT2D eigenvalue weighted by molar-refractivity contribution is 5.25. The van der Waals surface area contributed by atoms with Crippen LogP contribution >= 0.6 is 0 Å². The zero-order valence-corrected chi connectivity index (χ0v) is 18.9. The Balaban J connectivity index is 1.41. The zero-order chi connectivity index (χ0) is 20.4. The lowest BCUT2D eigenvalue weighted by atomic mass is 9.47. The summed E-state index contributed by atoms with van der Waals surface area (Å²) in [6.45, 7) is 8.63. The van der Waals surface area contributed by atoms with Gasteiger partial charge in [-0.2, -0.15) is 0 Å². The smallest absolute Gasteiger partial charge is 0.0579 e. The van der Waals surface area contributed by atoms with Gasteiger partial charge in [-0.3, -0.25) is 0 Å². The first kappa shape index (κ1) is 20.5. The van der Waals surface area contributed by atoms with Crippen molar-refractivity contribution >= 4 is 0 Å². The molecular weight excluding hydrogens is 358 g/mol. The number of allylic oxidation sites excluding steroid dienone is 1. The number of hydrogen-bond acceptors (Lipinski definition) is 3. The third kappa shape index (κ3) is 3.09. The van der Waals surface area contributed by atoms with E-state index in [2.05, 4.69) is 32.2 Å². The first-order valence-electron chi connectivity index (χ1n) is 12.6. The molecule has 4 aliphatic carbocycles. The van der Waals surface area contributed by atoms with Gasteiger partial charge in [0.25, 0.3) is 0 Å². The van der Waals surface area contributed by atoms with Gasteiger partial charge in [-0.25, -0.2) is 0 Å². The average molecular weight is 402 g/mol. The molecule has 10 atom stereocenters. The fourth-order valence-electron chi connectivity index (χ4n) is 9.22. The molecule has 4 fully saturated rings. The molecule has 164 valence electrons. The van der Waals surface area contributed by atoms with Crippen molar-refractivity contribution in [3.05, 3.63) is 11.6 Å². The minimum atomic E-state index is -0.131. The topological polar surface area (TPSA) is 52.5 Å². The van der Waals surface area contributed by atoms with E-state index in [1.54, 1.807) is 5.57 Å². The van der Waals surface area contributed by atoms with Crippen LogP contribution in [0, 0.1) is 40.4 Å². The fourth-order valence-corrected chi connectivity index (χ4v) is 9.22. The Labute approximate surface area is 177 Å². The van der Waals surface area contributed by atoms with E-state index >= 15 is 0 Å². The maximum atomic E-state index is 11.3. The van der Waals surface area contributed by atoms with Gasteiger partial charge in [0.1, 0.15) is 0 Å². The van der Waals surface area contributed by atoms with Crippen molar-refractivity contribution in [2.75, 3.05) is 6.54 Å². The molecule has 5 rings (SSSR count). The first-order chi connectivity index (χ1) is 13.8. The summed E-state index contributed by atoms with van der Waals surface area (Å²) in [6, 6.07) is 0.590. The number of piperidine rings is 1. The van der Waals surface area contributed by atoms with E-state index in [4.69, 9.17) is 0 Å². The molecule has 3 heteroatoms. The highest BCUT2D eigenvalue weighted by Gasteiger charge is 2.62. The summed E-state index contributed by atoms with van der Waals surface area (Å²) in [5.74, 6) is 3.14. The predicted octanol–water partition coefficient (Wildman–Crippen LogP) is 4.68. The van der Waals surface area contributed by atoms with Gasteiger partial charge in [-0.1, -0.05) is 38.8 Å². The van der Waals surface area contributed by atoms with E-state index in [1.165, 1.54) is 38.5 Å². The zero-order valence-electron chi connectivity index (χ0n) is 18.9. The van der Waals surface area contributed by atoms with Gasteiger partial charge in [0.15, 0.2) is 0 Å². The fraction of sp³-hybridized carbons (Fsp3) is 0.923. The van der Waals surface area contributed by atoms with Gasteiger partial charge < -0.3 is 15.5 Å². The number of rotatable bonds is 2. The van der Waals surface area contributed by atoms with E-state index in [1.807, 2.05) is 0 Å². The van der Waals surface area contributed by atoms with Crippen LogP contribution in [0.15, 0.2) is 11.6 Å². The number of aliphatic hydroxyl groups excluding tert-OH is 2. The molecule has 0 unspecified atom stereocenters. The lowest BCUT2D eigenvalue weighted by Crippen LogP contribution is -2.52. The van der Waals surface area contributed by atoms with Crippen molar-refractivity contribution in [3.8, 4) is 0 Å². The molecule has 0 aromatic heterocycles. The normalized spacial score (nSPS) is 53.4. The molecule has 0 bridgehead atoms. The second-order valence-corrected chi connectivity index (χ2v) is 11.9. The van der Waals surface area contributed by atoms with Crippen LogP contribution in [-0.2, 0) is 0 Å². The summed E-state index contributed by atoms with van der Waals surface area (Å²) in [6.07, 6.45) is 14.0.